The van der Waals surface area contributed by atoms with Crippen LogP contribution in [0.3, 0.4) is 0 Å². The molecule has 1 aromatic carbocycles. The number of nitrogens with zero attached hydrogens (tertiary/aromatic N) is 1. The Morgan fingerprint density at radius 2 is 2.06 bits per heavy atom. The Morgan fingerprint density at radius 3 is 2.62 bits per heavy atom. The minimum absolute atomic E-state index is 0.119. The van der Waals surface area contributed by atoms with Gasteiger partial charge in [0.25, 0.3) is 0 Å². The second-order valence-corrected chi connectivity index (χ2v) is 6.05. The first-order chi connectivity index (χ1) is 7.78. The molecular weight excluding hydrogens is 238 g/mol. The molecule has 1 atom stereocenters. The number of aliphatic hydroxyl groups excluding tert-OH is 1. The zero-order chi connectivity index (χ0) is 11.4. The van der Waals surface area contributed by atoms with E-state index in [1.54, 1.807) is 11.8 Å². The van der Waals surface area contributed by atoms with Gasteiger partial charge in [0.05, 0.1) is 12.6 Å². The van der Waals surface area contributed by atoms with E-state index in [-0.39, 0.29) is 6.61 Å². The van der Waals surface area contributed by atoms with Crippen molar-refractivity contribution >= 4 is 27.9 Å². The van der Waals surface area contributed by atoms with Crippen LogP contribution in [-0.4, -0.2) is 21.3 Å². The summed E-state index contributed by atoms with van der Waals surface area (Å²) in [5.74, 6) is 2.08. The molecule has 1 heterocycles. The fourth-order valence-electron chi connectivity index (χ4n) is 1.41. The van der Waals surface area contributed by atoms with E-state index in [0.717, 1.165) is 17.1 Å². The molecule has 86 valence electrons. The Bertz CT molecular complexity index is 375. The third kappa shape index (κ3) is 3.27. The first kappa shape index (κ1) is 12.0. The Labute approximate surface area is 105 Å². The van der Waals surface area contributed by atoms with Gasteiger partial charge in [-0.05, 0) is 18.1 Å². The molecular formula is C12H15NOS2. The highest BCUT2D eigenvalue weighted by Gasteiger charge is 2.13. The van der Waals surface area contributed by atoms with Gasteiger partial charge < -0.3 is 5.11 Å². The average Bonchev–Trinajstić information content (AvgIpc) is 2.73. The van der Waals surface area contributed by atoms with Crippen LogP contribution in [0.2, 0.25) is 0 Å². The van der Waals surface area contributed by atoms with Crippen LogP contribution in [0.4, 0.5) is 0 Å². The molecule has 2 nitrogen and oxygen atoms in total. The first-order valence-corrected chi connectivity index (χ1v) is 7.27. The van der Waals surface area contributed by atoms with Crippen LogP contribution in [0, 0.1) is 0 Å². The third-order valence-corrected chi connectivity index (χ3v) is 4.88. The molecule has 0 saturated heterocycles. The molecule has 1 aliphatic heterocycles. The molecule has 0 saturated carbocycles. The minimum atomic E-state index is 0.119. The molecule has 0 bridgehead atoms. The quantitative estimate of drug-likeness (QED) is 0.899. The standard InChI is InChI=1S/C12H15NOS2/c1-9-7-15-12(13-9)16-8-11-4-2-10(6-14)3-5-11/h2-5,9,14H,6-8H2,1H3. The summed E-state index contributed by atoms with van der Waals surface area (Å²) in [7, 11) is 0. The highest BCUT2D eigenvalue weighted by atomic mass is 32.2. The van der Waals surface area contributed by atoms with Gasteiger partial charge in [0.2, 0.25) is 0 Å². The summed E-state index contributed by atoms with van der Waals surface area (Å²) in [4.78, 5) is 4.54. The lowest BCUT2D eigenvalue weighted by Crippen LogP contribution is -1.92. The zero-order valence-corrected chi connectivity index (χ0v) is 10.9. The van der Waals surface area contributed by atoms with Crippen LogP contribution in [0.25, 0.3) is 0 Å². The van der Waals surface area contributed by atoms with Crippen molar-refractivity contribution in [3.8, 4) is 0 Å². The molecule has 1 N–H and O–H groups in total. The fraction of sp³-hybridized carbons (Fsp3) is 0.417. The minimum Gasteiger partial charge on any atom is -0.392 e. The molecule has 1 aromatic rings. The first-order valence-electron chi connectivity index (χ1n) is 5.30. The molecule has 0 fully saturated rings. The van der Waals surface area contributed by atoms with E-state index < -0.39 is 0 Å². The molecule has 16 heavy (non-hydrogen) atoms. The molecule has 1 aliphatic rings. The molecule has 1 unspecified atom stereocenters. The molecule has 4 heteroatoms. The van der Waals surface area contributed by atoms with Gasteiger partial charge in [-0.25, -0.2) is 0 Å². The summed E-state index contributed by atoms with van der Waals surface area (Å²) in [5.41, 5.74) is 2.25. The van der Waals surface area contributed by atoms with Crippen LogP contribution in [0.5, 0.6) is 0 Å². The molecule has 0 radical (unpaired) electrons. The van der Waals surface area contributed by atoms with Gasteiger partial charge in [-0.1, -0.05) is 47.8 Å². The lowest BCUT2D eigenvalue weighted by atomic mass is 10.2. The van der Waals surface area contributed by atoms with Crippen molar-refractivity contribution in [3.05, 3.63) is 35.4 Å². The Hall–Kier alpha value is -0.450. The smallest absolute Gasteiger partial charge is 0.125 e. The third-order valence-electron chi connectivity index (χ3n) is 2.34. The second-order valence-electron chi connectivity index (χ2n) is 3.82. The van der Waals surface area contributed by atoms with Gasteiger partial charge in [0.1, 0.15) is 4.38 Å². The monoisotopic (exact) mass is 253 g/mol. The van der Waals surface area contributed by atoms with Crippen molar-refractivity contribution in [3.63, 3.8) is 0 Å². The number of thioether (sulfide) groups is 2. The van der Waals surface area contributed by atoms with Crippen LogP contribution in [-0.2, 0) is 12.4 Å². The van der Waals surface area contributed by atoms with Gasteiger partial charge in [0.15, 0.2) is 0 Å². The maximum Gasteiger partial charge on any atom is 0.125 e. The fourth-order valence-corrected chi connectivity index (χ4v) is 3.58. The lowest BCUT2D eigenvalue weighted by molar-refractivity contribution is 0.282. The van der Waals surface area contributed by atoms with Gasteiger partial charge in [0, 0.05) is 11.5 Å². The summed E-state index contributed by atoms with van der Waals surface area (Å²) >= 11 is 3.66. The van der Waals surface area contributed by atoms with Crippen molar-refractivity contribution in [1.29, 1.82) is 0 Å². The van der Waals surface area contributed by atoms with E-state index in [1.807, 2.05) is 23.9 Å². The number of hydrogen-bond donors (Lipinski definition) is 1. The lowest BCUT2D eigenvalue weighted by Gasteiger charge is -2.02. The van der Waals surface area contributed by atoms with Crippen molar-refractivity contribution in [1.82, 2.24) is 0 Å². The van der Waals surface area contributed by atoms with E-state index >= 15 is 0 Å². The Balaban J connectivity index is 1.87. The van der Waals surface area contributed by atoms with E-state index in [0.29, 0.717) is 6.04 Å². The highest BCUT2D eigenvalue weighted by Crippen LogP contribution is 2.28. The van der Waals surface area contributed by atoms with Gasteiger partial charge in [-0.2, -0.15) is 0 Å². The highest BCUT2D eigenvalue weighted by molar-refractivity contribution is 8.38. The van der Waals surface area contributed by atoms with E-state index in [1.165, 1.54) is 9.94 Å². The zero-order valence-electron chi connectivity index (χ0n) is 9.22. The van der Waals surface area contributed by atoms with Gasteiger partial charge in [-0.3, -0.25) is 4.99 Å². The summed E-state index contributed by atoms with van der Waals surface area (Å²) in [5, 5.41) is 8.93. The van der Waals surface area contributed by atoms with Gasteiger partial charge >= 0.3 is 0 Å². The normalized spacial score (nSPS) is 19.9. The summed E-state index contributed by atoms with van der Waals surface area (Å²) in [6.07, 6.45) is 0. The molecule has 0 spiro atoms. The van der Waals surface area contributed by atoms with E-state index in [2.05, 4.69) is 24.0 Å². The van der Waals surface area contributed by atoms with Crippen molar-refractivity contribution in [2.75, 3.05) is 5.75 Å². The summed E-state index contributed by atoms with van der Waals surface area (Å²) in [6.45, 7) is 2.27. The topological polar surface area (TPSA) is 32.6 Å². The van der Waals surface area contributed by atoms with E-state index in [4.69, 9.17) is 5.11 Å². The predicted molar refractivity (Wildman–Crippen MR) is 73.0 cm³/mol. The Morgan fingerprint density at radius 1 is 1.38 bits per heavy atom. The largest absolute Gasteiger partial charge is 0.392 e. The second kappa shape index (κ2) is 5.75. The van der Waals surface area contributed by atoms with Crippen molar-refractivity contribution < 1.29 is 5.11 Å². The number of hydrogen-bond acceptors (Lipinski definition) is 4. The van der Waals surface area contributed by atoms with Crippen molar-refractivity contribution in [2.24, 2.45) is 4.99 Å². The van der Waals surface area contributed by atoms with Crippen LogP contribution in [0.1, 0.15) is 18.1 Å². The molecule has 0 aliphatic carbocycles. The molecule has 2 rings (SSSR count). The summed E-state index contributed by atoms with van der Waals surface area (Å²) in [6, 6.07) is 8.57. The van der Waals surface area contributed by atoms with Gasteiger partial charge in [-0.15, -0.1) is 0 Å². The van der Waals surface area contributed by atoms with Crippen molar-refractivity contribution in [2.45, 2.75) is 25.3 Å². The SMILES string of the molecule is CC1CSC(SCc2ccc(CO)cc2)=N1. The molecule has 0 aromatic heterocycles. The Kier molecular flexibility index (Phi) is 4.32. The van der Waals surface area contributed by atoms with Crippen LogP contribution in [0.15, 0.2) is 29.3 Å². The average molecular weight is 253 g/mol. The maximum atomic E-state index is 8.93. The molecule has 0 amide bonds. The van der Waals surface area contributed by atoms with Crippen LogP contribution >= 0.6 is 23.5 Å². The van der Waals surface area contributed by atoms with Crippen LogP contribution < -0.4 is 0 Å². The summed E-state index contributed by atoms with van der Waals surface area (Å²) < 4.78 is 1.21. The number of aliphatic imine (C=N–C) groups is 1. The maximum absolute atomic E-state index is 8.93. The van der Waals surface area contributed by atoms with E-state index in [9.17, 15) is 0 Å². The number of benzene rings is 1. The predicted octanol–water partition coefficient (Wildman–Crippen LogP) is 2.90. The number of rotatable bonds is 3. The number of aliphatic hydroxyl groups is 1.